The number of fused-ring (bicyclic) bond motifs is 1. The first-order valence-electron chi connectivity index (χ1n) is 11.0. The molecule has 170 valence electrons. The summed E-state index contributed by atoms with van der Waals surface area (Å²) in [5.74, 6) is 2.38. The third kappa shape index (κ3) is 4.21. The fourth-order valence-corrected chi connectivity index (χ4v) is 4.36. The molecule has 0 N–H and O–H groups in total. The molecule has 1 saturated heterocycles. The van der Waals surface area contributed by atoms with Gasteiger partial charge in [0.25, 0.3) is 5.69 Å². The van der Waals surface area contributed by atoms with Crippen LogP contribution in [-0.2, 0) is 17.7 Å². The van der Waals surface area contributed by atoms with E-state index in [1.807, 2.05) is 13.0 Å². The monoisotopic (exact) mass is 447 g/mol. The van der Waals surface area contributed by atoms with E-state index in [1.54, 1.807) is 18.5 Å². The molecular formula is C23H25N7O3. The molecule has 5 rings (SSSR count). The maximum Gasteiger partial charge on any atom is 0.269 e. The number of aryl methyl sites for hydroxylation is 1. The number of hydrogen-bond donors (Lipinski definition) is 0. The first-order valence-corrected chi connectivity index (χ1v) is 11.0. The minimum absolute atomic E-state index is 0.0454. The maximum absolute atomic E-state index is 11.1. The highest BCUT2D eigenvalue weighted by Gasteiger charge is 2.29. The van der Waals surface area contributed by atoms with Crippen molar-refractivity contribution in [2.45, 2.75) is 32.9 Å². The van der Waals surface area contributed by atoms with Gasteiger partial charge in [0.2, 0.25) is 0 Å². The molecule has 2 aromatic heterocycles. The molecule has 0 spiro atoms. The van der Waals surface area contributed by atoms with E-state index >= 15 is 0 Å². The first-order chi connectivity index (χ1) is 16.0. The van der Waals surface area contributed by atoms with E-state index in [-0.39, 0.29) is 11.7 Å². The van der Waals surface area contributed by atoms with Gasteiger partial charge in [0.05, 0.1) is 36.4 Å². The van der Waals surface area contributed by atoms with Crippen molar-refractivity contribution in [1.29, 1.82) is 0 Å². The van der Waals surface area contributed by atoms with E-state index in [0.717, 1.165) is 53.7 Å². The predicted molar refractivity (Wildman–Crippen MR) is 123 cm³/mol. The third-order valence-corrected chi connectivity index (χ3v) is 6.13. The second-order valence-electron chi connectivity index (χ2n) is 8.41. The third-order valence-electron chi connectivity index (χ3n) is 6.13. The number of benzene rings is 1. The topological polar surface area (TPSA) is 110 Å². The van der Waals surface area contributed by atoms with Gasteiger partial charge in [-0.15, -0.1) is 0 Å². The Labute approximate surface area is 191 Å². The molecule has 0 amide bonds. The van der Waals surface area contributed by atoms with Crippen LogP contribution in [0.1, 0.15) is 23.9 Å². The number of morpholine rings is 1. The Morgan fingerprint density at radius 1 is 1.15 bits per heavy atom. The summed E-state index contributed by atoms with van der Waals surface area (Å²) < 4.78 is 5.64. The number of nitrogens with zero attached hydrogens (tertiary/aromatic N) is 7. The zero-order valence-electron chi connectivity index (χ0n) is 18.6. The predicted octanol–water partition coefficient (Wildman–Crippen LogP) is 2.94. The summed E-state index contributed by atoms with van der Waals surface area (Å²) >= 11 is 0. The molecule has 1 atom stereocenters. The summed E-state index contributed by atoms with van der Waals surface area (Å²) in [6.07, 6.45) is 2.39. The SMILES string of the molecule is Cc1cc(N2CCc3c(nc(-c4ccc([N+](=O)[O-])cc4)nc3N3CCOC[C@@H]3C)C2)ncn1. The van der Waals surface area contributed by atoms with Crippen LogP contribution >= 0.6 is 0 Å². The minimum Gasteiger partial charge on any atom is -0.377 e. The fraction of sp³-hybridized carbons (Fsp3) is 0.391. The minimum atomic E-state index is -0.403. The molecule has 0 unspecified atom stereocenters. The highest BCUT2D eigenvalue weighted by atomic mass is 16.6. The highest BCUT2D eigenvalue weighted by Crippen LogP contribution is 2.33. The van der Waals surface area contributed by atoms with Crippen molar-refractivity contribution in [3.8, 4) is 11.4 Å². The van der Waals surface area contributed by atoms with Gasteiger partial charge >= 0.3 is 0 Å². The lowest BCUT2D eigenvalue weighted by Crippen LogP contribution is -2.45. The van der Waals surface area contributed by atoms with Crippen LogP contribution in [0.15, 0.2) is 36.7 Å². The van der Waals surface area contributed by atoms with E-state index < -0.39 is 4.92 Å². The first kappa shape index (κ1) is 21.2. The Kier molecular flexibility index (Phi) is 5.59. The normalized spacial score (nSPS) is 18.2. The zero-order valence-corrected chi connectivity index (χ0v) is 18.6. The Morgan fingerprint density at radius 3 is 2.70 bits per heavy atom. The number of aromatic nitrogens is 4. The van der Waals surface area contributed by atoms with Crippen LogP contribution in [0.3, 0.4) is 0 Å². The van der Waals surface area contributed by atoms with E-state index in [4.69, 9.17) is 14.7 Å². The Morgan fingerprint density at radius 2 is 1.97 bits per heavy atom. The van der Waals surface area contributed by atoms with Gasteiger partial charge in [0.1, 0.15) is 18.0 Å². The molecule has 0 bridgehead atoms. The molecule has 4 heterocycles. The summed E-state index contributed by atoms with van der Waals surface area (Å²) in [5.41, 5.74) is 3.82. The molecule has 0 radical (unpaired) electrons. The average Bonchev–Trinajstić information content (AvgIpc) is 2.83. The van der Waals surface area contributed by atoms with Crippen LogP contribution in [0.4, 0.5) is 17.3 Å². The van der Waals surface area contributed by atoms with Crippen LogP contribution in [-0.4, -0.2) is 57.2 Å². The Balaban J connectivity index is 1.57. The molecule has 3 aromatic rings. The molecule has 2 aliphatic rings. The molecular weight excluding hydrogens is 422 g/mol. The fourth-order valence-electron chi connectivity index (χ4n) is 4.36. The standard InChI is InChI=1S/C23H25N7O3/c1-15-11-21(25-14-24-15)28-8-7-19-20(12-28)26-22(17-3-5-18(6-4-17)30(31)32)27-23(19)29-9-10-33-13-16(29)2/h3-6,11,14,16H,7-10,12-13H2,1-2H3/t16-/m0/s1. The Bertz CT molecular complexity index is 1190. The van der Waals surface area contributed by atoms with E-state index in [2.05, 4.69) is 26.7 Å². The van der Waals surface area contributed by atoms with Crippen molar-refractivity contribution >= 4 is 17.3 Å². The van der Waals surface area contributed by atoms with Crippen molar-refractivity contribution in [2.75, 3.05) is 36.1 Å². The summed E-state index contributed by atoms with van der Waals surface area (Å²) in [6, 6.07) is 8.58. The number of rotatable bonds is 4. The molecule has 10 nitrogen and oxygen atoms in total. The van der Waals surface area contributed by atoms with Crippen molar-refractivity contribution in [1.82, 2.24) is 19.9 Å². The number of nitro groups is 1. The second-order valence-corrected chi connectivity index (χ2v) is 8.41. The quantitative estimate of drug-likeness (QED) is 0.440. The summed E-state index contributed by atoms with van der Waals surface area (Å²) in [5, 5.41) is 11.1. The van der Waals surface area contributed by atoms with Gasteiger partial charge in [-0.1, -0.05) is 0 Å². The van der Waals surface area contributed by atoms with E-state index in [1.165, 1.54) is 12.1 Å². The summed E-state index contributed by atoms with van der Waals surface area (Å²) in [6.45, 7) is 7.59. The molecule has 1 fully saturated rings. The van der Waals surface area contributed by atoms with Crippen LogP contribution in [0, 0.1) is 17.0 Å². The Hall–Kier alpha value is -3.66. The summed E-state index contributed by atoms with van der Waals surface area (Å²) in [7, 11) is 0. The average molecular weight is 447 g/mol. The second kappa shape index (κ2) is 8.70. The van der Waals surface area contributed by atoms with Crippen LogP contribution in [0.25, 0.3) is 11.4 Å². The smallest absolute Gasteiger partial charge is 0.269 e. The molecule has 0 saturated carbocycles. The maximum atomic E-state index is 11.1. The van der Waals surface area contributed by atoms with E-state index in [9.17, 15) is 10.1 Å². The number of ether oxygens (including phenoxy) is 1. The van der Waals surface area contributed by atoms with Crippen LogP contribution < -0.4 is 9.80 Å². The van der Waals surface area contributed by atoms with Crippen molar-refractivity contribution in [3.63, 3.8) is 0 Å². The summed E-state index contributed by atoms with van der Waals surface area (Å²) in [4.78, 5) is 33.7. The van der Waals surface area contributed by atoms with Gasteiger partial charge in [-0.2, -0.15) is 0 Å². The van der Waals surface area contributed by atoms with Gasteiger partial charge in [-0.3, -0.25) is 10.1 Å². The highest BCUT2D eigenvalue weighted by molar-refractivity contribution is 5.63. The van der Waals surface area contributed by atoms with Crippen molar-refractivity contribution in [2.24, 2.45) is 0 Å². The van der Waals surface area contributed by atoms with Gasteiger partial charge in [0, 0.05) is 48.1 Å². The molecule has 10 heteroatoms. The molecule has 0 aliphatic carbocycles. The molecule has 1 aromatic carbocycles. The van der Waals surface area contributed by atoms with Crippen LogP contribution in [0.2, 0.25) is 0 Å². The lowest BCUT2D eigenvalue weighted by molar-refractivity contribution is -0.384. The number of nitro benzene ring substituents is 1. The number of non-ortho nitro benzene ring substituents is 1. The number of hydrogen-bond acceptors (Lipinski definition) is 9. The van der Waals surface area contributed by atoms with Crippen LogP contribution in [0.5, 0.6) is 0 Å². The van der Waals surface area contributed by atoms with Gasteiger partial charge in [-0.05, 0) is 32.4 Å². The lowest BCUT2D eigenvalue weighted by Gasteiger charge is -2.38. The largest absolute Gasteiger partial charge is 0.377 e. The lowest BCUT2D eigenvalue weighted by atomic mass is 10.0. The van der Waals surface area contributed by atoms with Gasteiger partial charge in [-0.25, -0.2) is 19.9 Å². The van der Waals surface area contributed by atoms with Gasteiger partial charge in [0.15, 0.2) is 5.82 Å². The van der Waals surface area contributed by atoms with Gasteiger partial charge < -0.3 is 14.5 Å². The zero-order chi connectivity index (χ0) is 22.9. The van der Waals surface area contributed by atoms with E-state index in [0.29, 0.717) is 25.6 Å². The number of anilines is 2. The molecule has 2 aliphatic heterocycles. The van der Waals surface area contributed by atoms with Crippen molar-refractivity contribution < 1.29 is 9.66 Å². The van der Waals surface area contributed by atoms with Crippen molar-refractivity contribution in [3.05, 3.63) is 63.7 Å². The molecule has 33 heavy (non-hydrogen) atoms.